The van der Waals surface area contributed by atoms with Gasteiger partial charge in [0.2, 0.25) is 0 Å². The molecule has 0 amide bonds. The van der Waals surface area contributed by atoms with Crippen molar-refractivity contribution in [3.63, 3.8) is 0 Å². The molecule has 1 saturated heterocycles. The second-order valence-electron chi connectivity index (χ2n) is 6.88. The average molecular weight is 337 g/mol. The summed E-state index contributed by atoms with van der Waals surface area (Å²) >= 11 is 0. The lowest BCUT2D eigenvalue weighted by molar-refractivity contribution is 0.176. The summed E-state index contributed by atoms with van der Waals surface area (Å²) in [5.74, 6) is 0.271. The van der Waals surface area contributed by atoms with Crippen LogP contribution < -0.4 is 5.32 Å². The van der Waals surface area contributed by atoms with Crippen molar-refractivity contribution in [1.82, 2.24) is 4.90 Å². The zero-order valence-corrected chi connectivity index (χ0v) is 14.6. The Morgan fingerprint density at radius 2 is 2.00 bits per heavy atom. The number of likely N-dealkylation sites (tertiary alicyclic amines) is 1. The van der Waals surface area contributed by atoms with Crippen molar-refractivity contribution in [2.75, 3.05) is 18.4 Å². The molecule has 2 aromatic carbocycles. The maximum Gasteiger partial charge on any atom is 0.143 e. The van der Waals surface area contributed by atoms with Crippen LogP contribution in [0.4, 0.5) is 10.1 Å². The summed E-state index contributed by atoms with van der Waals surface area (Å²) in [6.07, 6.45) is 2.58. The minimum Gasteiger partial charge on any atom is -0.380 e. The van der Waals surface area contributed by atoms with E-state index in [9.17, 15) is 4.39 Å². The molecule has 0 saturated carbocycles. The van der Waals surface area contributed by atoms with Crippen LogP contribution in [-0.4, -0.2) is 18.0 Å². The van der Waals surface area contributed by atoms with Crippen LogP contribution in [0, 0.1) is 23.1 Å². The largest absolute Gasteiger partial charge is 0.380 e. The highest BCUT2D eigenvalue weighted by Crippen LogP contribution is 2.22. The van der Waals surface area contributed by atoms with Gasteiger partial charge in [-0.05, 0) is 48.6 Å². The van der Waals surface area contributed by atoms with Gasteiger partial charge < -0.3 is 5.32 Å². The molecule has 0 bridgehead atoms. The summed E-state index contributed by atoms with van der Waals surface area (Å²) in [6.45, 7) is 6.12. The number of benzene rings is 2. The fourth-order valence-corrected chi connectivity index (χ4v) is 3.53. The van der Waals surface area contributed by atoms with Crippen LogP contribution >= 0.6 is 0 Å². The minimum atomic E-state index is -0.483. The van der Waals surface area contributed by atoms with E-state index in [-0.39, 0.29) is 5.56 Å². The number of halogens is 1. The number of rotatable bonds is 5. The zero-order chi connectivity index (χ0) is 17.6. The van der Waals surface area contributed by atoms with E-state index in [1.807, 2.05) is 12.1 Å². The van der Waals surface area contributed by atoms with E-state index in [0.29, 0.717) is 12.2 Å². The Labute approximate surface area is 149 Å². The molecule has 1 N–H and O–H groups in total. The van der Waals surface area contributed by atoms with Crippen LogP contribution in [-0.2, 0) is 13.1 Å². The molecular weight excluding hydrogens is 313 g/mol. The molecule has 1 unspecified atom stereocenters. The van der Waals surface area contributed by atoms with Crippen molar-refractivity contribution in [3.8, 4) is 6.07 Å². The molecule has 130 valence electrons. The third kappa shape index (κ3) is 4.37. The molecule has 0 aromatic heterocycles. The maximum absolute atomic E-state index is 13.7. The van der Waals surface area contributed by atoms with Crippen LogP contribution in [0.25, 0.3) is 0 Å². The summed E-state index contributed by atoms with van der Waals surface area (Å²) in [6, 6.07) is 15.0. The van der Waals surface area contributed by atoms with Gasteiger partial charge in [0, 0.05) is 19.6 Å². The van der Waals surface area contributed by atoms with E-state index in [1.165, 1.54) is 30.0 Å². The number of nitriles is 1. The molecule has 3 rings (SSSR count). The fraction of sp³-hybridized carbons (Fsp3) is 0.381. The van der Waals surface area contributed by atoms with Crippen molar-refractivity contribution >= 4 is 5.69 Å². The predicted octanol–water partition coefficient (Wildman–Crippen LogP) is 4.54. The highest BCUT2D eigenvalue weighted by atomic mass is 19.1. The lowest BCUT2D eigenvalue weighted by Crippen LogP contribution is -2.34. The molecule has 2 aromatic rings. The number of nitrogens with one attached hydrogen (secondary N) is 1. The highest BCUT2D eigenvalue weighted by Gasteiger charge is 2.17. The Bertz CT molecular complexity index is 766. The first-order chi connectivity index (χ1) is 12.2. The van der Waals surface area contributed by atoms with Crippen molar-refractivity contribution < 1.29 is 4.39 Å². The van der Waals surface area contributed by atoms with Crippen molar-refractivity contribution in [1.29, 1.82) is 5.26 Å². The Balaban J connectivity index is 1.71. The van der Waals surface area contributed by atoms with Gasteiger partial charge in [0.05, 0.1) is 5.69 Å². The van der Waals surface area contributed by atoms with Crippen molar-refractivity contribution in [2.24, 2.45) is 5.92 Å². The van der Waals surface area contributed by atoms with Crippen LogP contribution in [0.3, 0.4) is 0 Å². The lowest BCUT2D eigenvalue weighted by atomic mass is 9.99. The van der Waals surface area contributed by atoms with Gasteiger partial charge in [-0.1, -0.05) is 37.3 Å². The Hall–Kier alpha value is -2.38. The number of anilines is 1. The maximum atomic E-state index is 13.7. The van der Waals surface area contributed by atoms with Gasteiger partial charge in [0.1, 0.15) is 17.4 Å². The third-order valence-electron chi connectivity index (χ3n) is 4.85. The normalized spacial score (nSPS) is 17.9. The second kappa shape index (κ2) is 8.13. The van der Waals surface area contributed by atoms with Gasteiger partial charge in [-0.2, -0.15) is 5.26 Å². The fourth-order valence-electron chi connectivity index (χ4n) is 3.53. The van der Waals surface area contributed by atoms with Gasteiger partial charge >= 0.3 is 0 Å². The Morgan fingerprint density at radius 3 is 2.76 bits per heavy atom. The smallest absolute Gasteiger partial charge is 0.143 e. The highest BCUT2D eigenvalue weighted by molar-refractivity contribution is 5.58. The van der Waals surface area contributed by atoms with E-state index in [4.69, 9.17) is 5.26 Å². The van der Waals surface area contributed by atoms with Gasteiger partial charge in [-0.25, -0.2) is 4.39 Å². The monoisotopic (exact) mass is 337 g/mol. The molecule has 25 heavy (non-hydrogen) atoms. The molecule has 1 aliphatic rings. The first kappa shape index (κ1) is 17.4. The summed E-state index contributed by atoms with van der Waals surface area (Å²) in [5, 5.41) is 12.4. The number of hydrogen-bond acceptors (Lipinski definition) is 3. The lowest BCUT2D eigenvalue weighted by Gasteiger charge is -2.31. The average Bonchev–Trinajstić information content (AvgIpc) is 2.61. The van der Waals surface area contributed by atoms with Gasteiger partial charge in [-0.3, -0.25) is 4.90 Å². The molecule has 1 atom stereocenters. The van der Waals surface area contributed by atoms with E-state index in [1.54, 1.807) is 12.1 Å². The molecule has 4 heteroatoms. The topological polar surface area (TPSA) is 39.1 Å². The van der Waals surface area contributed by atoms with E-state index >= 15 is 0 Å². The van der Waals surface area contributed by atoms with Crippen LogP contribution in [0.1, 0.15) is 36.5 Å². The molecule has 0 spiro atoms. The van der Waals surface area contributed by atoms with Crippen LogP contribution in [0.2, 0.25) is 0 Å². The minimum absolute atomic E-state index is 0.0739. The SMILES string of the molecule is CC1CCCN(Cc2ccccc2CNc2cccc(F)c2C#N)C1. The van der Waals surface area contributed by atoms with Crippen LogP contribution in [0.5, 0.6) is 0 Å². The third-order valence-corrected chi connectivity index (χ3v) is 4.85. The summed E-state index contributed by atoms with van der Waals surface area (Å²) in [7, 11) is 0. The summed E-state index contributed by atoms with van der Waals surface area (Å²) in [5.41, 5.74) is 3.10. The summed E-state index contributed by atoms with van der Waals surface area (Å²) < 4.78 is 13.7. The molecular formula is C21H24FN3. The quantitative estimate of drug-likeness (QED) is 0.870. The molecule has 1 heterocycles. The van der Waals surface area contributed by atoms with Crippen molar-refractivity contribution in [3.05, 3.63) is 65.0 Å². The molecule has 0 radical (unpaired) electrons. The summed E-state index contributed by atoms with van der Waals surface area (Å²) in [4.78, 5) is 2.51. The number of hydrogen-bond donors (Lipinski definition) is 1. The zero-order valence-electron chi connectivity index (χ0n) is 14.6. The van der Waals surface area contributed by atoms with Gasteiger partial charge in [0.15, 0.2) is 0 Å². The molecule has 3 nitrogen and oxygen atoms in total. The van der Waals surface area contributed by atoms with E-state index < -0.39 is 5.82 Å². The Kier molecular flexibility index (Phi) is 5.67. The van der Waals surface area contributed by atoms with Gasteiger partial charge in [-0.15, -0.1) is 0 Å². The van der Waals surface area contributed by atoms with Crippen molar-refractivity contribution in [2.45, 2.75) is 32.9 Å². The molecule has 1 fully saturated rings. The number of piperidine rings is 1. The van der Waals surface area contributed by atoms with Gasteiger partial charge in [0.25, 0.3) is 0 Å². The second-order valence-corrected chi connectivity index (χ2v) is 6.88. The first-order valence-electron chi connectivity index (χ1n) is 8.89. The van der Waals surface area contributed by atoms with E-state index in [0.717, 1.165) is 25.6 Å². The first-order valence-corrected chi connectivity index (χ1v) is 8.89. The predicted molar refractivity (Wildman–Crippen MR) is 98.6 cm³/mol. The molecule has 1 aliphatic heterocycles. The Morgan fingerprint density at radius 1 is 1.20 bits per heavy atom. The number of nitrogens with zero attached hydrogens (tertiary/aromatic N) is 2. The standard InChI is InChI=1S/C21H24FN3/c1-16-6-5-11-25(14-16)15-18-8-3-2-7-17(18)13-24-21-10-4-9-20(22)19(21)12-23/h2-4,7-10,16,24H,5-6,11,13-15H2,1H3. The molecule has 0 aliphatic carbocycles. The van der Waals surface area contributed by atoms with E-state index in [2.05, 4.69) is 35.3 Å². The van der Waals surface area contributed by atoms with Crippen LogP contribution in [0.15, 0.2) is 42.5 Å².